The third-order valence-electron chi connectivity index (χ3n) is 5.96. The summed E-state index contributed by atoms with van der Waals surface area (Å²) in [4.78, 5) is 11.8. The van der Waals surface area contributed by atoms with Gasteiger partial charge in [-0.2, -0.15) is 4.98 Å². The maximum Gasteiger partial charge on any atom is 0.222 e. The van der Waals surface area contributed by atoms with Crippen molar-refractivity contribution in [3.05, 3.63) is 11.3 Å². The molecule has 0 amide bonds. The molecule has 22 heavy (non-hydrogen) atoms. The van der Waals surface area contributed by atoms with Gasteiger partial charge in [-0.15, -0.1) is 0 Å². The molecular weight excluding hydrogens is 274 g/mol. The number of nitrogens with one attached hydrogen (secondary N) is 1. The number of hydrogen-bond acceptors (Lipinski definition) is 5. The van der Waals surface area contributed by atoms with E-state index in [2.05, 4.69) is 15.2 Å². The quantitative estimate of drug-likeness (QED) is 0.875. The van der Waals surface area contributed by atoms with E-state index in [0.717, 1.165) is 31.2 Å². The lowest BCUT2D eigenvalue weighted by Crippen LogP contribution is -2.32. The molecule has 0 spiro atoms. The number of anilines is 2. The van der Waals surface area contributed by atoms with E-state index in [0.29, 0.717) is 17.9 Å². The molecule has 1 aliphatic heterocycles. The van der Waals surface area contributed by atoms with Crippen LogP contribution in [0.5, 0.6) is 0 Å². The van der Waals surface area contributed by atoms with Crippen molar-refractivity contribution in [2.75, 3.05) is 30.8 Å². The Kier molecular flexibility index (Phi) is 3.68. The normalized spacial score (nSPS) is 31.0. The minimum Gasteiger partial charge on any atom is -0.368 e. The van der Waals surface area contributed by atoms with Crippen molar-refractivity contribution in [3.8, 4) is 0 Å². The first-order chi connectivity index (χ1) is 10.8. The fourth-order valence-corrected chi connectivity index (χ4v) is 4.75. The lowest BCUT2D eigenvalue weighted by atomic mass is 9.70. The monoisotopic (exact) mass is 301 g/mol. The highest BCUT2D eigenvalue weighted by Gasteiger charge is 2.36. The summed E-state index contributed by atoms with van der Waals surface area (Å²) in [6.45, 7) is 2.11. The van der Waals surface area contributed by atoms with Gasteiger partial charge in [-0.25, -0.2) is 4.98 Å². The van der Waals surface area contributed by atoms with Gasteiger partial charge in [-0.05, 0) is 45.1 Å². The Hall–Kier alpha value is -1.36. The zero-order chi connectivity index (χ0) is 15.1. The topological polar surface area (TPSA) is 67.1 Å². The van der Waals surface area contributed by atoms with Gasteiger partial charge in [0.2, 0.25) is 5.95 Å². The summed E-state index contributed by atoms with van der Waals surface area (Å²) in [6.07, 6.45) is 9.00. The highest BCUT2D eigenvalue weighted by molar-refractivity contribution is 5.55. The molecule has 3 N–H and O–H groups in total. The lowest BCUT2D eigenvalue weighted by molar-refractivity contribution is 0.270. The minimum absolute atomic E-state index is 0.466. The van der Waals surface area contributed by atoms with Gasteiger partial charge in [0.1, 0.15) is 5.82 Å². The summed E-state index contributed by atoms with van der Waals surface area (Å²) >= 11 is 0. The summed E-state index contributed by atoms with van der Waals surface area (Å²) in [5.41, 5.74) is 8.76. The van der Waals surface area contributed by atoms with E-state index in [1.54, 1.807) is 0 Å². The van der Waals surface area contributed by atoms with E-state index in [1.165, 1.54) is 49.8 Å². The van der Waals surface area contributed by atoms with Gasteiger partial charge < -0.3 is 16.0 Å². The number of hydrogen-bond donors (Lipinski definition) is 2. The average molecular weight is 301 g/mol. The second-order valence-corrected chi connectivity index (χ2v) is 7.18. The summed E-state index contributed by atoms with van der Waals surface area (Å²) < 4.78 is 0. The van der Waals surface area contributed by atoms with Gasteiger partial charge in [0, 0.05) is 30.6 Å². The van der Waals surface area contributed by atoms with Crippen LogP contribution in [0.3, 0.4) is 0 Å². The molecule has 2 aliphatic carbocycles. The predicted octanol–water partition coefficient (Wildman–Crippen LogP) is 2.08. The Balaban J connectivity index is 1.70. The van der Waals surface area contributed by atoms with Crippen LogP contribution in [0.4, 0.5) is 11.8 Å². The molecule has 2 heterocycles. The van der Waals surface area contributed by atoms with E-state index in [4.69, 9.17) is 10.7 Å². The molecule has 3 atom stereocenters. The molecule has 4 rings (SSSR count). The fourth-order valence-electron chi connectivity index (χ4n) is 4.75. The second kappa shape index (κ2) is 5.69. The zero-order valence-electron chi connectivity index (χ0n) is 13.5. The third kappa shape index (κ3) is 2.35. The summed E-state index contributed by atoms with van der Waals surface area (Å²) in [5.74, 6) is 3.05. The Bertz CT molecular complexity index is 558. The smallest absolute Gasteiger partial charge is 0.222 e. The van der Waals surface area contributed by atoms with E-state index in [1.807, 2.05) is 7.05 Å². The van der Waals surface area contributed by atoms with E-state index >= 15 is 0 Å². The van der Waals surface area contributed by atoms with Crippen molar-refractivity contribution in [2.24, 2.45) is 5.92 Å². The molecular formula is C17H27N5. The van der Waals surface area contributed by atoms with Gasteiger partial charge >= 0.3 is 0 Å². The molecule has 2 unspecified atom stereocenters. The molecule has 1 saturated heterocycles. The van der Waals surface area contributed by atoms with E-state index in [9.17, 15) is 0 Å². The predicted molar refractivity (Wildman–Crippen MR) is 89.1 cm³/mol. The Morgan fingerprint density at radius 1 is 1.14 bits per heavy atom. The molecule has 1 aromatic heterocycles. The number of fused-ring (bicyclic) bond motifs is 3. The minimum atomic E-state index is 0.466. The Labute approximate surface area is 132 Å². The van der Waals surface area contributed by atoms with Crippen molar-refractivity contribution < 1.29 is 0 Å². The highest BCUT2D eigenvalue weighted by Crippen LogP contribution is 2.46. The molecule has 0 radical (unpaired) electrons. The van der Waals surface area contributed by atoms with E-state index in [-0.39, 0.29) is 0 Å². The maximum absolute atomic E-state index is 6.07. The van der Waals surface area contributed by atoms with Gasteiger partial charge in [0.15, 0.2) is 0 Å². The van der Waals surface area contributed by atoms with Gasteiger partial charge in [-0.3, -0.25) is 0 Å². The maximum atomic E-state index is 6.07. The molecule has 0 bridgehead atoms. The fraction of sp³-hybridized carbons (Fsp3) is 0.765. The lowest BCUT2D eigenvalue weighted by Gasteiger charge is -2.37. The average Bonchev–Trinajstić information content (AvgIpc) is 3.03. The van der Waals surface area contributed by atoms with Crippen molar-refractivity contribution in [1.82, 2.24) is 15.3 Å². The third-order valence-corrected chi connectivity index (χ3v) is 5.96. The molecule has 2 fully saturated rings. The molecule has 1 aromatic rings. The van der Waals surface area contributed by atoms with Crippen molar-refractivity contribution >= 4 is 11.8 Å². The van der Waals surface area contributed by atoms with E-state index < -0.39 is 0 Å². The van der Waals surface area contributed by atoms with Gasteiger partial charge in [0.05, 0.1) is 5.69 Å². The Morgan fingerprint density at radius 3 is 2.82 bits per heavy atom. The van der Waals surface area contributed by atoms with Crippen LogP contribution in [0.2, 0.25) is 0 Å². The number of nitrogens with two attached hydrogens (primary N) is 1. The Morgan fingerprint density at radius 2 is 2.00 bits per heavy atom. The SMILES string of the molecule is CN[C@@H]1CCN(c2nc(N)nc3c2CCC2CCCCC32)C1. The standard InChI is InChI=1S/C17H27N5/c1-19-12-8-9-22(10-12)16-14-7-6-11-4-2-3-5-13(11)15(14)20-17(18)21-16/h11-13,19H,2-10H2,1H3,(H2,18,20,21)/t11?,12-,13?/m1/s1. The van der Waals surface area contributed by atoms with Crippen molar-refractivity contribution in [1.29, 1.82) is 0 Å². The van der Waals surface area contributed by atoms with Crippen LogP contribution in [0.15, 0.2) is 0 Å². The number of likely N-dealkylation sites (N-methyl/N-ethyl adjacent to an activating group) is 1. The highest BCUT2D eigenvalue weighted by atomic mass is 15.3. The number of nitrogens with zero attached hydrogens (tertiary/aromatic N) is 3. The number of aromatic nitrogens is 2. The largest absolute Gasteiger partial charge is 0.368 e. The molecule has 1 saturated carbocycles. The van der Waals surface area contributed by atoms with Crippen LogP contribution < -0.4 is 16.0 Å². The first-order valence-electron chi connectivity index (χ1n) is 8.84. The summed E-state index contributed by atoms with van der Waals surface area (Å²) in [7, 11) is 2.05. The summed E-state index contributed by atoms with van der Waals surface area (Å²) in [6, 6.07) is 0.567. The summed E-state index contributed by atoms with van der Waals surface area (Å²) in [5, 5.41) is 3.39. The molecule has 3 aliphatic rings. The van der Waals surface area contributed by atoms with Crippen molar-refractivity contribution in [3.63, 3.8) is 0 Å². The van der Waals surface area contributed by atoms with Crippen LogP contribution in [0.1, 0.15) is 55.7 Å². The number of rotatable bonds is 2. The molecule has 120 valence electrons. The van der Waals surface area contributed by atoms with Crippen LogP contribution in [0.25, 0.3) is 0 Å². The molecule has 5 nitrogen and oxygen atoms in total. The molecule has 5 heteroatoms. The van der Waals surface area contributed by atoms with Crippen LogP contribution in [-0.2, 0) is 6.42 Å². The first kappa shape index (κ1) is 14.2. The van der Waals surface area contributed by atoms with Crippen LogP contribution in [0, 0.1) is 5.92 Å². The molecule has 0 aromatic carbocycles. The second-order valence-electron chi connectivity index (χ2n) is 7.18. The number of nitrogen functional groups attached to an aromatic ring is 1. The first-order valence-corrected chi connectivity index (χ1v) is 8.84. The van der Waals surface area contributed by atoms with Gasteiger partial charge in [0.25, 0.3) is 0 Å². The van der Waals surface area contributed by atoms with Gasteiger partial charge in [-0.1, -0.05) is 12.8 Å². The van der Waals surface area contributed by atoms with Crippen molar-refractivity contribution in [2.45, 2.75) is 56.9 Å². The van der Waals surface area contributed by atoms with Crippen LogP contribution >= 0.6 is 0 Å². The zero-order valence-corrected chi connectivity index (χ0v) is 13.5. The van der Waals surface area contributed by atoms with Crippen LogP contribution in [-0.4, -0.2) is 36.1 Å².